The van der Waals surface area contributed by atoms with E-state index in [0.29, 0.717) is 16.2 Å². The Balaban J connectivity index is 1.75. The van der Waals surface area contributed by atoms with E-state index in [1.54, 1.807) is 18.2 Å². The molecule has 0 aliphatic carbocycles. The molecule has 0 aliphatic heterocycles. The standard InChI is InChI=1S/C16H10BrClN2O3/c17-11-1-4-14-9(5-11)7-15(23-14)16(22)20-19-8-10-6-12(18)2-3-13(10)21/h1-8,21H,(H,20,22)/b19-8+. The second-order valence-corrected chi connectivity index (χ2v) is 6.05. The predicted molar refractivity (Wildman–Crippen MR) is 92.1 cm³/mol. The number of hydrogen-bond acceptors (Lipinski definition) is 4. The van der Waals surface area contributed by atoms with Crippen molar-refractivity contribution in [2.24, 2.45) is 5.10 Å². The van der Waals surface area contributed by atoms with Gasteiger partial charge in [0.05, 0.1) is 6.21 Å². The van der Waals surface area contributed by atoms with Crippen LogP contribution in [-0.4, -0.2) is 17.2 Å². The minimum Gasteiger partial charge on any atom is -0.507 e. The highest BCUT2D eigenvalue weighted by Crippen LogP contribution is 2.23. The molecule has 0 fully saturated rings. The third-order valence-electron chi connectivity index (χ3n) is 3.06. The Labute approximate surface area is 144 Å². The van der Waals surface area contributed by atoms with E-state index in [1.165, 1.54) is 18.3 Å². The normalized spacial score (nSPS) is 11.2. The van der Waals surface area contributed by atoms with Gasteiger partial charge in [-0.15, -0.1) is 0 Å². The molecule has 7 heteroatoms. The second-order valence-electron chi connectivity index (χ2n) is 4.70. The third kappa shape index (κ3) is 3.55. The van der Waals surface area contributed by atoms with Gasteiger partial charge in [0, 0.05) is 20.4 Å². The first kappa shape index (κ1) is 15.6. The van der Waals surface area contributed by atoms with Gasteiger partial charge in [-0.3, -0.25) is 4.79 Å². The number of carbonyl (C=O) groups excluding carboxylic acids is 1. The second kappa shape index (κ2) is 6.44. The highest BCUT2D eigenvalue weighted by atomic mass is 79.9. The molecule has 3 rings (SSSR count). The SMILES string of the molecule is O=C(N/N=C/c1cc(Cl)ccc1O)c1cc2cc(Br)ccc2o1. The van der Waals surface area contributed by atoms with Crippen molar-refractivity contribution in [1.29, 1.82) is 0 Å². The molecule has 2 N–H and O–H groups in total. The van der Waals surface area contributed by atoms with E-state index >= 15 is 0 Å². The van der Waals surface area contributed by atoms with Gasteiger partial charge in [0.1, 0.15) is 11.3 Å². The van der Waals surface area contributed by atoms with Crippen LogP contribution in [0.5, 0.6) is 5.75 Å². The van der Waals surface area contributed by atoms with E-state index in [2.05, 4.69) is 26.5 Å². The molecule has 3 aromatic rings. The number of nitrogens with zero attached hydrogens (tertiary/aromatic N) is 1. The number of rotatable bonds is 3. The number of furan rings is 1. The van der Waals surface area contributed by atoms with Crippen molar-refractivity contribution in [2.75, 3.05) is 0 Å². The minimum absolute atomic E-state index is 0.0148. The van der Waals surface area contributed by atoms with Gasteiger partial charge >= 0.3 is 5.91 Å². The molecule has 1 aromatic heterocycles. The number of fused-ring (bicyclic) bond motifs is 1. The van der Waals surface area contributed by atoms with Crippen LogP contribution in [0.15, 0.2) is 56.5 Å². The highest BCUT2D eigenvalue weighted by Gasteiger charge is 2.11. The van der Waals surface area contributed by atoms with Crippen LogP contribution in [-0.2, 0) is 0 Å². The maximum atomic E-state index is 12.0. The third-order valence-corrected chi connectivity index (χ3v) is 3.79. The fraction of sp³-hybridized carbons (Fsp3) is 0. The average Bonchev–Trinajstić information content (AvgIpc) is 2.93. The van der Waals surface area contributed by atoms with Crippen LogP contribution in [0.1, 0.15) is 16.1 Å². The molecule has 1 amide bonds. The number of amides is 1. The van der Waals surface area contributed by atoms with Crippen LogP contribution in [0, 0.1) is 0 Å². The van der Waals surface area contributed by atoms with Crippen LogP contribution in [0.3, 0.4) is 0 Å². The lowest BCUT2D eigenvalue weighted by atomic mass is 10.2. The predicted octanol–water partition coefficient (Wildman–Crippen LogP) is 4.32. The van der Waals surface area contributed by atoms with Crippen molar-refractivity contribution >= 4 is 50.6 Å². The van der Waals surface area contributed by atoms with Crippen molar-refractivity contribution < 1.29 is 14.3 Å². The molecule has 0 saturated carbocycles. The first-order valence-electron chi connectivity index (χ1n) is 6.54. The molecular formula is C16H10BrClN2O3. The van der Waals surface area contributed by atoms with Gasteiger partial charge < -0.3 is 9.52 Å². The Morgan fingerprint density at radius 1 is 1.26 bits per heavy atom. The molecule has 0 atom stereocenters. The number of carbonyl (C=O) groups is 1. The Hall–Kier alpha value is -2.31. The number of phenols is 1. The van der Waals surface area contributed by atoms with Crippen molar-refractivity contribution in [3.05, 3.63) is 63.3 Å². The molecule has 0 unspecified atom stereocenters. The van der Waals surface area contributed by atoms with Gasteiger partial charge in [-0.2, -0.15) is 5.10 Å². The average molecular weight is 394 g/mol. The first-order chi connectivity index (χ1) is 11.0. The highest BCUT2D eigenvalue weighted by molar-refractivity contribution is 9.10. The van der Waals surface area contributed by atoms with Gasteiger partial charge in [0.15, 0.2) is 5.76 Å². The maximum absolute atomic E-state index is 12.0. The number of hydrogen-bond donors (Lipinski definition) is 2. The summed E-state index contributed by atoms with van der Waals surface area (Å²) in [5.41, 5.74) is 3.34. The summed E-state index contributed by atoms with van der Waals surface area (Å²) < 4.78 is 6.35. The molecule has 0 aliphatic rings. The van der Waals surface area contributed by atoms with E-state index in [0.717, 1.165) is 9.86 Å². The summed E-state index contributed by atoms with van der Waals surface area (Å²) in [4.78, 5) is 12.0. The number of halogens is 2. The van der Waals surface area contributed by atoms with Crippen LogP contribution in [0.2, 0.25) is 5.02 Å². The summed E-state index contributed by atoms with van der Waals surface area (Å²) in [5, 5.41) is 14.7. The van der Waals surface area contributed by atoms with Crippen LogP contribution >= 0.6 is 27.5 Å². The van der Waals surface area contributed by atoms with Crippen LogP contribution in [0.4, 0.5) is 0 Å². The van der Waals surface area contributed by atoms with Crippen molar-refractivity contribution in [3.8, 4) is 5.75 Å². The Kier molecular flexibility index (Phi) is 4.36. The minimum atomic E-state index is -0.491. The lowest BCUT2D eigenvalue weighted by Gasteiger charge is -1.99. The Morgan fingerprint density at radius 2 is 2.09 bits per heavy atom. The zero-order valence-electron chi connectivity index (χ0n) is 11.6. The number of nitrogens with one attached hydrogen (secondary N) is 1. The fourth-order valence-electron chi connectivity index (χ4n) is 1.97. The van der Waals surface area contributed by atoms with Crippen molar-refractivity contribution in [2.45, 2.75) is 0 Å². The first-order valence-corrected chi connectivity index (χ1v) is 7.71. The number of phenolic OH excluding ortho intramolecular Hbond substituents is 1. The summed E-state index contributed by atoms with van der Waals surface area (Å²) in [6, 6.07) is 11.6. The van der Waals surface area contributed by atoms with Crippen LogP contribution < -0.4 is 5.43 Å². The fourth-order valence-corrected chi connectivity index (χ4v) is 2.53. The topological polar surface area (TPSA) is 74.8 Å². The Morgan fingerprint density at radius 3 is 2.91 bits per heavy atom. The van der Waals surface area contributed by atoms with Crippen molar-refractivity contribution in [3.63, 3.8) is 0 Å². The van der Waals surface area contributed by atoms with E-state index in [9.17, 15) is 9.90 Å². The molecule has 0 saturated heterocycles. The van der Waals surface area contributed by atoms with Crippen molar-refractivity contribution in [1.82, 2.24) is 5.43 Å². The molecule has 23 heavy (non-hydrogen) atoms. The van der Waals surface area contributed by atoms with Gasteiger partial charge in [0.2, 0.25) is 0 Å². The van der Waals surface area contributed by atoms with E-state index in [-0.39, 0.29) is 11.5 Å². The quantitative estimate of drug-likeness (QED) is 0.514. The molecule has 5 nitrogen and oxygen atoms in total. The lowest BCUT2D eigenvalue weighted by Crippen LogP contribution is -2.16. The van der Waals surface area contributed by atoms with Gasteiger partial charge in [-0.05, 0) is 42.5 Å². The van der Waals surface area contributed by atoms with E-state index in [1.807, 2.05) is 12.1 Å². The number of aromatic hydroxyl groups is 1. The molecule has 116 valence electrons. The molecule has 0 bridgehead atoms. The van der Waals surface area contributed by atoms with Gasteiger partial charge in [-0.25, -0.2) is 5.43 Å². The summed E-state index contributed by atoms with van der Waals surface area (Å²) in [7, 11) is 0. The van der Waals surface area contributed by atoms with Gasteiger partial charge in [-0.1, -0.05) is 27.5 Å². The van der Waals surface area contributed by atoms with E-state index < -0.39 is 5.91 Å². The largest absolute Gasteiger partial charge is 0.507 e. The summed E-state index contributed by atoms with van der Waals surface area (Å²) in [6.45, 7) is 0. The Bertz CT molecular complexity index is 921. The molecule has 2 aromatic carbocycles. The van der Waals surface area contributed by atoms with Crippen LogP contribution in [0.25, 0.3) is 11.0 Å². The van der Waals surface area contributed by atoms with E-state index in [4.69, 9.17) is 16.0 Å². The lowest BCUT2D eigenvalue weighted by molar-refractivity contribution is 0.0929. The monoisotopic (exact) mass is 392 g/mol. The summed E-state index contributed by atoms with van der Waals surface area (Å²) >= 11 is 9.19. The zero-order valence-corrected chi connectivity index (χ0v) is 13.9. The smallest absolute Gasteiger partial charge is 0.307 e. The maximum Gasteiger partial charge on any atom is 0.307 e. The molecule has 0 spiro atoms. The molecule has 0 radical (unpaired) electrons. The summed E-state index contributed by atoms with van der Waals surface area (Å²) in [6.07, 6.45) is 1.30. The molecule has 1 heterocycles. The number of hydrazone groups is 1. The zero-order chi connectivity index (χ0) is 16.4. The number of benzene rings is 2. The molecular weight excluding hydrogens is 384 g/mol. The van der Waals surface area contributed by atoms with Gasteiger partial charge in [0.25, 0.3) is 0 Å². The summed E-state index contributed by atoms with van der Waals surface area (Å²) in [5.74, 6) is -0.332.